The molecule has 0 radical (unpaired) electrons. The van der Waals surface area contributed by atoms with Crippen molar-refractivity contribution in [2.45, 2.75) is 283 Å². The number of rotatable bonds is 50. The van der Waals surface area contributed by atoms with Gasteiger partial charge in [0.25, 0.3) is 0 Å². The summed E-state index contributed by atoms with van der Waals surface area (Å²) in [4.78, 5) is 46.2. The molecule has 0 aromatic rings. The molecule has 0 aliphatic carbocycles. The number of nitrogens with two attached hydrogens (primary N) is 1. The highest BCUT2D eigenvalue weighted by atomic mass is 31.2. The van der Waals surface area contributed by atoms with Crippen LogP contribution in [0.2, 0.25) is 0 Å². The van der Waals surface area contributed by atoms with Crippen LogP contribution in [0.15, 0.2) is 0 Å². The first kappa shape index (κ1) is 60.5. The highest BCUT2D eigenvalue weighted by Crippen LogP contribution is 2.43. The molecule has 4 N–H and O–H groups in total. The van der Waals surface area contributed by atoms with E-state index in [9.17, 15) is 23.8 Å². The zero-order valence-corrected chi connectivity index (χ0v) is 41.1. The van der Waals surface area contributed by atoms with Gasteiger partial charge >= 0.3 is 25.7 Å². The number of unbranched alkanes of at least 4 members (excludes halogenated alkanes) is 36. The molecule has 0 bridgehead atoms. The Morgan fingerprint density at radius 1 is 0.435 bits per heavy atom. The van der Waals surface area contributed by atoms with Gasteiger partial charge < -0.3 is 25.2 Å². The minimum atomic E-state index is -4.71. The largest absolute Gasteiger partial charge is 0.480 e. The van der Waals surface area contributed by atoms with E-state index in [1.54, 1.807) is 0 Å². The molecule has 0 heterocycles. The average molecular weight is 904 g/mol. The molecule has 0 amide bonds. The van der Waals surface area contributed by atoms with Gasteiger partial charge in [-0.2, -0.15) is 0 Å². The van der Waals surface area contributed by atoms with Crippen LogP contribution < -0.4 is 5.73 Å². The Kier molecular flexibility index (Phi) is 44.9. The van der Waals surface area contributed by atoms with Crippen molar-refractivity contribution in [1.29, 1.82) is 0 Å². The summed E-state index contributed by atoms with van der Waals surface area (Å²) in [7, 11) is -4.71. The Morgan fingerprint density at radius 2 is 0.710 bits per heavy atom. The van der Waals surface area contributed by atoms with E-state index < -0.39 is 51.1 Å². The molecule has 0 rings (SSSR count). The fourth-order valence-corrected chi connectivity index (χ4v) is 8.55. The topological polar surface area (TPSA) is 172 Å². The number of hydrogen-bond acceptors (Lipinski definition) is 9. The summed E-state index contributed by atoms with van der Waals surface area (Å²) in [6, 6.07) is -1.52. The zero-order chi connectivity index (χ0) is 45.6. The van der Waals surface area contributed by atoms with Gasteiger partial charge in [-0.15, -0.1) is 0 Å². The van der Waals surface area contributed by atoms with Crippen LogP contribution in [0.25, 0.3) is 0 Å². The molecule has 0 saturated carbocycles. The number of carboxylic acid groups (broad SMARTS) is 1. The van der Waals surface area contributed by atoms with Crippen molar-refractivity contribution in [3.05, 3.63) is 0 Å². The van der Waals surface area contributed by atoms with Crippen molar-refractivity contribution in [2.24, 2.45) is 5.73 Å². The maximum Gasteiger partial charge on any atom is 0.472 e. The number of esters is 2. The maximum absolute atomic E-state index is 12.7. The number of hydrogen-bond donors (Lipinski definition) is 3. The van der Waals surface area contributed by atoms with Crippen LogP contribution in [-0.4, -0.2) is 59.9 Å². The molecule has 0 aliphatic heterocycles. The Labute approximate surface area is 380 Å². The quantitative estimate of drug-likeness (QED) is 0.0301. The van der Waals surface area contributed by atoms with Gasteiger partial charge in [0.2, 0.25) is 0 Å². The maximum atomic E-state index is 12.7. The van der Waals surface area contributed by atoms with Gasteiger partial charge in [-0.1, -0.05) is 245 Å². The van der Waals surface area contributed by atoms with Gasteiger partial charge in [-0.3, -0.25) is 23.4 Å². The third-order valence-electron chi connectivity index (χ3n) is 11.9. The van der Waals surface area contributed by atoms with Crippen molar-refractivity contribution in [3.8, 4) is 0 Å². The van der Waals surface area contributed by atoms with Gasteiger partial charge in [0.05, 0.1) is 13.2 Å². The van der Waals surface area contributed by atoms with E-state index in [1.165, 1.54) is 193 Å². The Morgan fingerprint density at radius 3 is 1.02 bits per heavy atom. The third-order valence-corrected chi connectivity index (χ3v) is 12.8. The predicted octanol–water partition coefficient (Wildman–Crippen LogP) is 14.6. The normalized spacial score (nSPS) is 13.5. The van der Waals surface area contributed by atoms with E-state index in [-0.39, 0.29) is 19.4 Å². The first-order chi connectivity index (χ1) is 30.1. The molecule has 0 saturated heterocycles. The number of aliphatic carboxylic acids is 1. The lowest BCUT2D eigenvalue weighted by Crippen LogP contribution is -2.34. The van der Waals surface area contributed by atoms with Crippen molar-refractivity contribution in [3.63, 3.8) is 0 Å². The minimum Gasteiger partial charge on any atom is -0.480 e. The monoisotopic (exact) mass is 904 g/mol. The first-order valence-corrected chi connectivity index (χ1v) is 27.6. The van der Waals surface area contributed by atoms with Crippen molar-refractivity contribution < 1.29 is 47.5 Å². The van der Waals surface area contributed by atoms with E-state index in [0.29, 0.717) is 12.8 Å². The van der Waals surface area contributed by atoms with Crippen molar-refractivity contribution in [1.82, 2.24) is 0 Å². The number of carbonyl (C=O) groups is 3. The van der Waals surface area contributed by atoms with Gasteiger partial charge in [0.1, 0.15) is 12.6 Å². The summed E-state index contributed by atoms with van der Waals surface area (Å²) in [5, 5.41) is 8.92. The molecule has 0 fully saturated rings. The van der Waals surface area contributed by atoms with E-state index >= 15 is 0 Å². The van der Waals surface area contributed by atoms with Crippen LogP contribution in [0.4, 0.5) is 0 Å². The second kappa shape index (κ2) is 46.0. The lowest BCUT2D eigenvalue weighted by molar-refractivity contribution is -0.161. The summed E-state index contributed by atoms with van der Waals surface area (Å²) in [6.45, 7) is 2.87. The SMILES string of the molecule is CCCCCCCCCCCCCCCCCCCCCCC(=O)O[C@H](COC(=O)CCCCCCCCCCCCCCCCCCCC)COP(=O)(O)OC[C@H](N)C(=O)O. The van der Waals surface area contributed by atoms with E-state index in [0.717, 1.165) is 38.5 Å². The summed E-state index contributed by atoms with van der Waals surface area (Å²) < 4.78 is 32.9. The Balaban J connectivity index is 4.18. The van der Waals surface area contributed by atoms with E-state index in [1.807, 2.05) is 0 Å². The van der Waals surface area contributed by atoms with Gasteiger partial charge in [-0.05, 0) is 12.8 Å². The van der Waals surface area contributed by atoms with E-state index in [2.05, 4.69) is 18.4 Å². The zero-order valence-electron chi connectivity index (χ0n) is 40.2. The van der Waals surface area contributed by atoms with E-state index in [4.69, 9.17) is 24.8 Å². The van der Waals surface area contributed by atoms with Crippen LogP contribution in [0.5, 0.6) is 0 Å². The van der Waals surface area contributed by atoms with Crippen LogP contribution in [-0.2, 0) is 37.5 Å². The summed E-state index contributed by atoms with van der Waals surface area (Å²) in [6.07, 6.45) is 47.3. The number of phosphoric ester groups is 1. The van der Waals surface area contributed by atoms with Gasteiger partial charge in [0, 0.05) is 12.8 Å². The molecule has 368 valence electrons. The number of carbonyl (C=O) groups excluding carboxylic acids is 2. The lowest BCUT2D eigenvalue weighted by atomic mass is 10.0. The second-order valence-corrected chi connectivity index (χ2v) is 19.5. The minimum absolute atomic E-state index is 0.170. The number of phosphoric acid groups is 1. The Hall–Kier alpha value is -1.52. The highest BCUT2D eigenvalue weighted by molar-refractivity contribution is 7.47. The van der Waals surface area contributed by atoms with Crippen LogP contribution in [0, 0.1) is 0 Å². The number of carboxylic acids is 1. The molecule has 1 unspecified atom stereocenters. The summed E-state index contributed by atoms with van der Waals surface area (Å²) in [5.74, 6) is -2.35. The smallest absolute Gasteiger partial charge is 0.472 e. The summed E-state index contributed by atoms with van der Waals surface area (Å²) in [5.41, 5.74) is 5.35. The molecule has 0 aromatic carbocycles. The molecular formula is C50H98NO10P. The van der Waals surface area contributed by atoms with Crippen molar-refractivity contribution >= 4 is 25.7 Å². The standard InChI is InChI=1S/C50H98NO10P/c1-3-5-7-9-11-13-15-17-19-21-23-24-26-28-30-32-34-36-38-40-42-49(53)61-46(44-59-62(56,57)60-45-47(51)50(54)55)43-58-48(52)41-39-37-35-33-31-29-27-25-22-20-18-16-14-12-10-8-6-4-2/h46-47H,3-45,51H2,1-2H3,(H,54,55)(H,56,57)/t46-,47+/m1/s1. The second-order valence-electron chi connectivity index (χ2n) is 18.0. The summed E-state index contributed by atoms with van der Waals surface area (Å²) >= 11 is 0. The van der Waals surface area contributed by atoms with Crippen LogP contribution in [0.1, 0.15) is 271 Å². The number of ether oxygens (including phenoxy) is 2. The molecule has 12 heteroatoms. The highest BCUT2D eigenvalue weighted by Gasteiger charge is 2.28. The fraction of sp³-hybridized carbons (Fsp3) is 0.940. The molecule has 0 aliphatic rings. The van der Waals surface area contributed by atoms with Crippen molar-refractivity contribution in [2.75, 3.05) is 19.8 Å². The Bertz CT molecular complexity index is 1060. The first-order valence-electron chi connectivity index (χ1n) is 26.1. The molecular weight excluding hydrogens is 806 g/mol. The lowest BCUT2D eigenvalue weighted by Gasteiger charge is -2.20. The molecule has 62 heavy (non-hydrogen) atoms. The van der Waals surface area contributed by atoms with Gasteiger partial charge in [-0.25, -0.2) is 4.57 Å². The fourth-order valence-electron chi connectivity index (χ4n) is 7.77. The average Bonchev–Trinajstić information content (AvgIpc) is 3.25. The van der Waals surface area contributed by atoms with Crippen LogP contribution >= 0.6 is 7.82 Å². The predicted molar refractivity (Wildman–Crippen MR) is 254 cm³/mol. The molecule has 0 spiro atoms. The molecule has 0 aromatic heterocycles. The molecule has 11 nitrogen and oxygen atoms in total. The molecule has 3 atom stereocenters. The van der Waals surface area contributed by atoms with Crippen LogP contribution in [0.3, 0.4) is 0 Å². The van der Waals surface area contributed by atoms with Gasteiger partial charge in [0.15, 0.2) is 6.10 Å². The third kappa shape index (κ3) is 45.1.